The molecule has 0 amide bonds. The molecule has 1 N–H and O–H groups in total. The molecule has 2 rings (SSSR count). The van der Waals surface area contributed by atoms with Gasteiger partial charge in [-0.25, -0.2) is 0 Å². The van der Waals surface area contributed by atoms with Crippen LogP contribution in [0.4, 0.5) is 0 Å². The minimum atomic E-state index is -0.668. The van der Waals surface area contributed by atoms with Gasteiger partial charge in [-0.3, -0.25) is 9.69 Å². The Morgan fingerprint density at radius 3 is 2.68 bits per heavy atom. The smallest absolute Gasteiger partial charge is 0.176 e. The van der Waals surface area contributed by atoms with E-state index in [-0.39, 0.29) is 5.78 Å². The summed E-state index contributed by atoms with van der Waals surface area (Å²) in [6.07, 6.45) is 1.74. The van der Waals surface area contributed by atoms with Crippen molar-refractivity contribution in [3.05, 3.63) is 29.8 Å². The van der Waals surface area contributed by atoms with Crippen molar-refractivity contribution in [2.45, 2.75) is 25.4 Å². The average molecular weight is 263 g/mol. The Labute approximate surface area is 114 Å². The topological polar surface area (TPSA) is 49.8 Å². The number of carbonyl (C=O) groups excluding carboxylic acids is 1. The molecule has 0 aliphatic carbocycles. The van der Waals surface area contributed by atoms with Crippen LogP contribution in [0.2, 0.25) is 0 Å². The summed E-state index contributed by atoms with van der Waals surface area (Å²) in [6.45, 7) is 3.63. The van der Waals surface area contributed by atoms with Crippen LogP contribution in [-0.4, -0.2) is 48.1 Å². The lowest BCUT2D eigenvalue weighted by atomic mass is 9.95. The molecule has 4 heteroatoms. The number of Topliss-reactive ketones (excluding diaryl/α,β-unsaturated/α-hetero) is 1. The first-order chi connectivity index (χ1) is 9.00. The largest absolute Gasteiger partial charge is 0.497 e. The number of carbonyl (C=O) groups is 1. The third-order valence-electron chi connectivity index (χ3n) is 3.53. The highest BCUT2D eigenvalue weighted by Gasteiger charge is 2.29. The van der Waals surface area contributed by atoms with Gasteiger partial charge in [-0.05, 0) is 50.6 Å². The van der Waals surface area contributed by atoms with Gasteiger partial charge in [0, 0.05) is 12.1 Å². The summed E-state index contributed by atoms with van der Waals surface area (Å²) in [6, 6.07) is 7.14. The van der Waals surface area contributed by atoms with E-state index in [1.807, 2.05) is 11.8 Å². The number of methoxy groups -OCH3 is 1. The molecule has 1 aromatic carbocycles. The van der Waals surface area contributed by atoms with Crippen LogP contribution in [0.5, 0.6) is 5.75 Å². The normalized spacial score (nSPS) is 24.2. The third kappa shape index (κ3) is 3.78. The summed E-state index contributed by atoms with van der Waals surface area (Å²) in [5.41, 5.74) is 0.0179. The fraction of sp³-hybridized carbons (Fsp3) is 0.533. The zero-order valence-corrected chi connectivity index (χ0v) is 11.6. The van der Waals surface area contributed by atoms with Crippen LogP contribution in [0.1, 0.15) is 30.1 Å². The van der Waals surface area contributed by atoms with E-state index in [1.165, 1.54) is 0 Å². The molecule has 0 saturated carbocycles. The molecule has 1 aliphatic rings. The quantitative estimate of drug-likeness (QED) is 0.840. The molecule has 0 radical (unpaired) electrons. The highest BCUT2D eigenvalue weighted by Crippen LogP contribution is 2.20. The zero-order valence-electron chi connectivity index (χ0n) is 11.6. The van der Waals surface area contributed by atoms with E-state index >= 15 is 0 Å². The number of β-amino-alcohol motifs (C(OH)–C–C–N with tert-alkyl or cyclic N) is 1. The van der Waals surface area contributed by atoms with E-state index in [0.29, 0.717) is 18.7 Å². The Bertz CT molecular complexity index is 439. The summed E-state index contributed by atoms with van der Waals surface area (Å²) >= 11 is 0. The molecule has 0 aromatic heterocycles. The highest BCUT2D eigenvalue weighted by molar-refractivity contribution is 5.97. The summed E-state index contributed by atoms with van der Waals surface area (Å²) < 4.78 is 5.07. The first kappa shape index (κ1) is 14.0. The number of benzene rings is 1. The Morgan fingerprint density at radius 2 is 2.11 bits per heavy atom. The number of nitrogens with zero attached hydrogens (tertiary/aromatic N) is 1. The number of rotatable bonds is 4. The standard InChI is InChI=1S/C15H21NO3/c1-15(18)8-3-9-16(11-15)10-14(17)12-4-6-13(19-2)7-5-12/h4-7,18H,3,8-11H2,1-2H3. The van der Waals surface area contributed by atoms with Crippen molar-refractivity contribution >= 4 is 5.78 Å². The fourth-order valence-electron chi connectivity index (χ4n) is 2.53. The second-order valence-electron chi connectivity index (χ2n) is 5.46. The second kappa shape index (κ2) is 5.72. The molecule has 1 fully saturated rings. The summed E-state index contributed by atoms with van der Waals surface area (Å²) in [5.74, 6) is 0.831. The maximum atomic E-state index is 12.2. The predicted molar refractivity (Wildman–Crippen MR) is 73.6 cm³/mol. The van der Waals surface area contributed by atoms with Gasteiger partial charge >= 0.3 is 0 Å². The number of ether oxygens (including phenoxy) is 1. The van der Waals surface area contributed by atoms with Crippen LogP contribution < -0.4 is 4.74 Å². The summed E-state index contributed by atoms with van der Waals surface area (Å²) in [7, 11) is 1.60. The van der Waals surface area contributed by atoms with Gasteiger partial charge in [-0.1, -0.05) is 0 Å². The van der Waals surface area contributed by atoms with Crippen LogP contribution in [0.3, 0.4) is 0 Å². The van der Waals surface area contributed by atoms with Gasteiger partial charge in [0.1, 0.15) is 5.75 Å². The van der Waals surface area contributed by atoms with Crippen LogP contribution in [0.25, 0.3) is 0 Å². The van der Waals surface area contributed by atoms with E-state index in [4.69, 9.17) is 4.74 Å². The SMILES string of the molecule is COc1ccc(C(=O)CN2CCCC(C)(O)C2)cc1. The lowest BCUT2D eigenvalue weighted by Gasteiger charge is -2.36. The molecule has 19 heavy (non-hydrogen) atoms. The van der Waals surface area contributed by atoms with Gasteiger partial charge < -0.3 is 9.84 Å². The van der Waals surface area contributed by atoms with Gasteiger partial charge in [0.15, 0.2) is 5.78 Å². The van der Waals surface area contributed by atoms with Crippen LogP contribution in [0.15, 0.2) is 24.3 Å². The number of ketones is 1. The van der Waals surface area contributed by atoms with Crippen LogP contribution in [-0.2, 0) is 0 Å². The van der Waals surface area contributed by atoms with Gasteiger partial charge in [0.2, 0.25) is 0 Å². The molecule has 1 saturated heterocycles. The second-order valence-corrected chi connectivity index (χ2v) is 5.46. The summed E-state index contributed by atoms with van der Waals surface area (Å²) in [5, 5.41) is 10.0. The maximum absolute atomic E-state index is 12.2. The number of likely N-dealkylation sites (tertiary alicyclic amines) is 1. The molecule has 1 atom stereocenters. The van der Waals surface area contributed by atoms with E-state index in [1.54, 1.807) is 31.4 Å². The average Bonchev–Trinajstić information content (AvgIpc) is 2.37. The molecular weight excluding hydrogens is 242 g/mol. The Morgan fingerprint density at radius 1 is 1.42 bits per heavy atom. The van der Waals surface area contributed by atoms with Crippen molar-refractivity contribution in [1.82, 2.24) is 4.90 Å². The maximum Gasteiger partial charge on any atom is 0.176 e. The minimum Gasteiger partial charge on any atom is -0.497 e. The number of aliphatic hydroxyl groups is 1. The van der Waals surface area contributed by atoms with Crippen molar-refractivity contribution in [2.75, 3.05) is 26.7 Å². The molecule has 104 valence electrons. The van der Waals surface area contributed by atoms with Crippen molar-refractivity contribution in [2.24, 2.45) is 0 Å². The van der Waals surface area contributed by atoms with Gasteiger partial charge in [-0.15, -0.1) is 0 Å². The van der Waals surface area contributed by atoms with Crippen LogP contribution in [0, 0.1) is 0 Å². The Balaban J connectivity index is 1.96. The number of hydrogen-bond acceptors (Lipinski definition) is 4. The van der Waals surface area contributed by atoms with Crippen molar-refractivity contribution in [3.8, 4) is 5.75 Å². The molecule has 1 heterocycles. The third-order valence-corrected chi connectivity index (χ3v) is 3.53. The lowest BCUT2D eigenvalue weighted by Crippen LogP contribution is -2.47. The Hall–Kier alpha value is -1.39. The fourth-order valence-corrected chi connectivity index (χ4v) is 2.53. The highest BCUT2D eigenvalue weighted by atomic mass is 16.5. The molecular formula is C15H21NO3. The number of piperidine rings is 1. The lowest BCUT2D eigenvalue weighted by molar-refractivity contribution is -0.0132. The van der Waals surface area contributed by atoms with Crippen LogP contribution >= 0.6 is 0 Å². The van der Waals surface area contributed by atoms with Crippen molar-refractivity contribution < 1.29 is 14.6 Å². The zero-order chi connectivity index (χ0) is 13.9. The summed E-state index contributed by atoms with van der Waals surface area (Å²) in [4.78, 5) is 14.2. The van der Waals surface area contributed by atoms with Gasteiger partial charge in [0.05, 0.1) is 19.3 Å². The van der Waals surface area contributed by atoms with Gasteiger partial charge in [0.25, 0.3) is 0 Å². The van der Waals surface area contributed by atoms with Gasteiger partial charge in [-0.2, -0.15) is 0 Å². The van der Waals surface area contributed by atoms with Crippen molar-refractivity contribution in [1.29, 1.82) is 0 Å². The molecule has 1 aliphatic heterocycles. The van der Waals surface area contributed by atoms with E-state index in [9.17, 15) is 9.90 Å². The van der Waals surface area contributed by atoms with Crippen molar-refractivity contribution in [3.63, 3.8) is 0 Å². The predicted octanol–water partition coefficient (Wildman–Crippen LogP) is 1.72. The number of hydrogen-bond donors (Lipinski definition) is 1. The molecule has 0 bridgehead atoms. The Kier molecular flexibility index (Phi) is 4.22. The molecule has 0 spiro atoms. The van der Waals surface area contributed by atoms with E-state index in [0.717, 1.165) is 25.1 Å². The monoisotopic (exact) mass is 263 g/mol. The first-order valence-corrected chi connectivity index (χ1v) is 6.62. The molecule has 1 unspecified atom stereocenters. The molecule has 1 aromatic rings. The minimum absolute atomic E-state index is 0.0837. The van der Waals surface area contributed by atoms with E-state index in [2.05, 4.69) is 0 Å². The van der Waals surface area contributed by atoms with E-state index < -0.39 is 5.60 Å². The first-order valence-electron chi connectivity index (χ1n) is 6.62. The molecule has 4 nitrogen and oxygen atoms in total.